The fourth-order valence-corrected chi connectivity index (χ4v) is 2.59. The molecular formula is C15H25NO3. The molecule has 0 aromatic heterocycles. The number of amides is 1. The van der Waals surface area contributed by atoms with E-state index in [1.165, 1.54) is 0 Å². The van der Waals surface area contributed by atoms with Gasteiger partial charge >= 0.3 is 6.09 Å². The van der Waals surface area contributed by atoms with Gasteiger partial charge in [0.05, 0.1) is 0 Å². The molecule has 1 amide bonds. The van der Waals surface area contributed by atoms with E-state index in [0.29, 0.717) is 24.8 Å². The maximum Gasteiger partial charge on any atom is 0.410 e. The Morgan fingerprint density at radius 1 is 1.00 bits per heavy atom. The molecule has 1 aliphatic heterocycles. The van der Waals surface area contributed by atoms with E-state index in [-0.39, 0.29) is 12.0 Å². The fraction of sp³-hybridized carbons (Fsp3) is 0.867. The summed E-state index contributed by atoms with van der Waals surface area (Å²) in [7, 11) is 0. The Bertz CT molecular complexity index is 355. The number of likely N-dealkylation sites (tertiary alicyclic amines) is 1. The number of rotatable bonds is 2. The zero-order chi connectivity index (χ0) is 14.0. The maximum absolute atomic E-state index is 12.1. The zero-order valence-corrected chi connectivity index (χ0v) is 12.3. The van der Waals surface area contributed by atoms with Crippen LogP contribution in [0.4, 0.5) is 4.79 Å². The summed E-state index contributed by atoms with van der Waals surface area (Å²) in [6.45, 7) is 6.99. The Morgan fingerprint density at radius 2 is 1.63 bits per heavy atom. The van der Waals surface area contributed by atoms with Crippen molar-refractivity contribution >= 4 is 11.9 Å². The zero-order valence-electron chi connectivity index (χ0n) is 12.3. The SMILES string of the molecule is CC(C)(C)OC(=O)N1CCCC(C(=O)C2CC2)CC1. The van der Waals surface area contributed by atoms with Crippen molar-refractivity contribution < 1.29 is 14.3 Å². The second-order valence-corrected chi connectivity index (χ2v) is 6.77. The first-order chi connectivity index (χ1) is 8.87. The lowest BCUT2D eigenvalue weighted by atomic mass is 9.93. The Morgan fingerprint density at radius 3 is 2.21 bits per heavy atom. The van der Waals surface area contributed by atoms with Gasteiger partial charge in [-0.25, -0.2) is 4.79 Å². The third-order valence-corrected chi connectivity index (χ3v) is 3.76. The second-order valence-electron chi connectivity index (χ2n) is 6.77. The van der Waals surface area contributed by atoms with Crippen LogP contribution < -0.4 is 0 Å². The first-order valence-corrected chi connectivity index (χ1v) is 7.38. The minimum Gasteiger partial charge on any atom is -0.444 e. The van der Waals surface area contributed by atoms with Crippen LogP contribution in [0.15, 0.2) is 0 Å². The van der Waals surface area contributed by atoms with Crippen molar-refractivity contribution in [1.82, 2.24) is 4.90 Å². The molecule has 1 aliphatic carbocycles. The van der Waals surface area contributed by atoms with Gasteiger partial charge in [-0.05, 0) is 52.9 Å². The molecule has 1 saturated carbocycles. The van der Waals surface area contributed by atoms with Crippen LogP contribution in [0, 0.1) is 11.8 Å². The highest BCUT2D eigenvalue weighted by atomic mass is 16.6. The average molecular weight is 267 g/mol. The molecule has 2 rings (SSSR count). The highest BCUT2D eigenvalue weighted by molar-refractivity contribution is 5.85. The summed E-state index contributed by atoms with van der Waals surface area (Å²) in [5.74, 6) is 0.934. The molecular weight excluding hydrogens is 242 g/mol. The van der Waals surface area contributed by atoms with Gasteiger partial charge < -0.3 is 9.64 Å². The number of carbonyl (C=O) groups excluding carboxylic acids is 2. The quantitative estimate of drug-likeness (QED) is 0.772. The lowest BCUT2D eigenvalue weighted by Gasteiger charge is -2.26. The average Bonchev–Trinajstić information content (AvgIpc) is 3.13. The minimum absolute atomic E-state index is 0.167. The van der Waals surface area contributed by atoms with Crippen molar-refractivity contribution in [2.75, 3.05) is 13.1 Å². The van der Waals surface area contributed by atoms with Gasteiger partial charge in [-0.3, -0.25) is 4.79 Å². The molecule has 19 heavy (non-hydrogen) atoms. The molecule has 1 unspecified atom stereocenters. The number of Topliss-reactive ketones (excluding diaryl/α,β-unsaturated/α-hetero) is 1. The van der Waals surface area contributed by atoms with Crippen molar-refractivity contribution in [3.63, 3.8) is 0 Å². The maximum atomic E-state index is 12.1. The van der Waals surface area contributed by atoms with Gasteiger partial charge in [0.2, 0.25) is 0 Å². The molecule has 2 fully saturated rings. The van der Waals surface area contributed by atoms with Crippen molar-refractivity contribution in [2.45, 2.75) is 58.5 Å². The van der Waals surface area contributed by atoms with E-state index in [1.54, 1.807) is 4.90 Å². The van der Waals surface area contributed by atoms with E-state index in [0.717, 1.165) is 32.1 Å². The van der Waals surface area contributed by atoms with E-state index in [9.17, 15) is 9.59 Å². The van der Waals surface area contributed by atoms with Gasteiger partial charge in [0.15, 0.2) is 0 Å². The second kappa shape index (κ2) is 5.51. The molecule has 1 heterocycles. The van der Waals surface area contributed by atoms with Gasteiger partial charge in [0.1, 0.15) is 11.4 Å². The van der Waals surface area contributed by atoms with Crippen LogP contribution in [-0.2, 0) is 9.53 Å². The summed E-state index contributed by atoms with van der Waals surface area (Å²) in [5, 5.41) is 0. The molecule has 0 aromatic carbocycles. The predicted molar refractivity (Wildman–Crippen MR) is 72.9 cm³/mol. The van der Waals surface area contributed by atoms with Gasteiger partial charge in [-0.2, -0.15) is 0 Å². The highest BCUT2D eigenvalue weighted by Crippen LogP contribution is 2.35. The molecule has 1 saturated heterocycles. The summed E-state index contributed by atoms with van der Waals surface area (Å²) >= 11 is 0. The Balaban J connectivity index is 1.85. The Hall–Kier alpha value is -1.06. The molecule has 1 atom stereocenters. The smallest absolute Gasteiger partial charge is 0.410 e. The van der Waals surface area contributed by atoms with E-state index in [4.69, 9.17) is 4.74 Å². The molecule has 0 spiro atoms. The molecule has 108 valence electrons. The third kappa shape index (κ3) is 4.22. The third-order valence-electron chi connectivity index (χ3n) is 3.76. The molecule has 0 N–H and O–H groups in total. The van der Waals surface area contributed by atoms with E-state index in [2.05, 4.69) is 0 Å². The lowest BCUT2D eigenvalue weighted by Crippen LogP contribution is -2.37. The number of ether oxygens (including phenoxy) is 1. The van der Waals surface area contributed by atoms with Gasteiger partial charge in [-0.1, -0.05) is 0 Å². The number of hydrogen-bond donors (Lipinski definition) is 0. The van der Waals surface area contributed by atoms with Crippen molar-refractivity contribution in [2.24, 2.45) is 11.8 Å². The van der Waals surface area contributed by atoms with Crippen molar-refractivity contribution in [3.05, 3.63) is 0 Å². The van der Waals surface area contributed by atoms with Crippen LogP contribution in [0.1, 0.15) is 52.9 Å². The van der Waals surface area contributed by atoms with E-state index < -0.39 is 5.60 Å². The van der Waals surface area contributed by atoms with Crippen LogP contribution in [-0.4, -0.2) is 35.5 Å². The number of ketones is 1. The van der Waals surface area contributed by atoms with Gasteiger partial charge in [0.25, 0.3) is 0 Å². The number of hydrogen-bond acceptors (Lipinski definition) is 3. The summed E-state index contributed by atoms with van der Waals surface area (Å²) in [5.41, 5.74) is -0.452. The number of nitrogens with zero attached hydrogens (tertiary/aromatic N) is 1. The topological polar surface area (TPSA) is 46.6 Å². The fourth-order valence-electron chi connectivity index (χ4n) is 2.59. The first kappa shape index (κ1) is 14.4. The van der Waals surface area contributed by atoms with Crippen molar-refractivity contribution in [1.29, 1.82) is 0 Å². The van der Waals surface area contributed by atoms with Crippen LogP contribution in [0.25, 0.3) is 0 Å². The van der Waals surface area contributed by atoms with Gasteiger partial charge in [-0.15, -0.1) is 0 Å². The summed E-state index contributed by atoms with van der Waals surface area (Å²) < 4.78 is 5.39. The van der Waals surface area contributed by atoms with E-state index in [1.807, 2.05) is 20.8 Å². The lowest BCUT2D eigenvalue weighted by molar-refractivity contribution is -0.124. The summed E-state index contributed by atoms with van der Waals surface area (Å²) in [6.07, 6.45) is 4.54. The van der Waals surface area contributed by atoms with Gasteiger partial charge in [0, 0.05) is 24.9 Å². The van der Waals surface area contributed by atoms with Crippen LogP contribution >= 0.6 is 0 Å². The molecule has 4 nitrogen and oxygen atoms in total. The Kier molecular flexibility index (Phi) is 4.16. The Labute approximate surface area is 115 Å². The summed E-state index contributed by atoms with van der Waals surface area (Å²) in [4.78, 5) is 25.8. The number of carbonyl (C=O) groups is 2. The van der Waals surface area contributed by atoms with Crippen molar-refractivity contribution in [3.8, 4) is 0 Å². The first-order valence-electron chi connectivity index (χ1n) is 7.38. The van der Waals surface area contributed by atoms with Crippen LogP contribution in [0.5, 0.6) is 0 Å². The van der Waals surface area contributed by atoms with Crippen LogP contribution in [0.2, 0.25) is 0 Å². The standard InChI is InChI=1S/C15H25NO3/c1-15(2,3)19-14(18)16-9-4-5-11(8-10-16)13(17)12-6-7-12/h11-12H,4-10H2,1-3H3. The minimum atomic E-state index is -0.452. The molecule has 0 aromatic rings. The normalized spacial score (nSPS) is 24.8. The molecule has 0 radical (unpaired) electrons. The predicted octanol–water partition coefficient (Wildman–Crippen LogP) is 3.00. The highest BCUT2D eigenvalue weighted by Gasteiger charge is 2.36. The largest absolute Gasteiger partial charge is 0.444 e. The molecule has 4 heteroatoms. The monoisotopic (exact) mass is 267 g/mol. The van der Waals surface area contributed by atoms with Crippen LogP contribution in [0.3, 0.4) is 0 Å². The molecule has 0 bridgehead atoms. The summed E-state index contributed by atoms with van der Waals surface area (Å²) in [6, 6.07) is 0. The molecule has 2 aliphatic rings. The van der Waals surface area contributed by atoms with E-state index >= 15 is 0 Å².